The Balaban J connectivity index is 0.000000217. The summed E-state index contributed by atoms with van der Waals surface area (Å²) in [6, 6.07) is 7.77. The predicted molar refractivity (Wildman–Crippen MR) is 449 cm³/mol. The maximum absolute atomic E-state index is 15.0. The minimum Gasteiger partial charge on any atom is -0.496 e. The number of Topliss-reactive ketones (excluding diaryl/α,β-unsaturated/α-hetero) is 2. The molecule has 0 radical (unpaired) electrons. The number of benzene rings is 2. The van der Waals surface area contributed by atoms with Crippen molar-refractivity contribution in [3.05, 3.63) is 89.4 Å². The summed E-state index contributed by atoms with van der Waals surface area (Å²) >= 11 is 3.11. The van der Waals surface area contributed by atoms with Gasteiger partial charge in [0.25, 0.3) is 6.01 Å². The molecule has 5 N–H and O–H groups in total. The number of ketones is 2. The number of imidazole rings is 1. The normalized spacial score (nSPS) is 25.2. The molecule has 30 heteroatoms. The number of aromatic nitrogens is 5. The number of carbonyl (C=O) groups excluding carboxylic acids is 7. The number of methoxy groups -OCH3 is 1. The number of nitrogens with one attached hydrogen (secondary N) is 3. The largest absolute Gasteiger partial charge is 0.496 e. The molecule has 7 fully saturated rings. The first kappa shape index (κ1) is 87.1. The number of carbonyl (C=O) groups is 7. The van der Waals surface area contributed by atoms with Crippen molar-refractivity contribution < 1.29 is 69.3 Å². The molecule has 630 valence electrons. The van der Waals surface area contributed by atoms with Crippen LogP contribution >= 0.6 is 22.7 Å². The van der Waals surface area contributed by atoms with Crippen LogP contribution in [0.2, 0.25) is 0 Å². The zero-order valence-electron chi connectivity index (χ0n) is 70.3. The molecule has 13 rings (SSSR count). The summed E-state index contributed by atoms with van der Waals surface area (Å²) in [5, 5.41) is 8.74. The fraction of sp³-hybridized carbons (Fsp3) is 0.616. The van der Waals surface area contributed by atoms with Crippen molar-refractivity contribution in [1.29, 1.82) is 0 Å². The molecule has 6 heterocycles. The number of aryl methyl sites for hydroxylation is 1. The summed E-state index contributed by atoms with van der Waals surface area (Å²) < 4.78 is 82.4. The molecule has 5 amide bonds. The first-order valence-corrected chi connectivity index (χ1v) is 45.5. The highest BCUT2D eigenvalue weighted by molar-refractivity contribution is 7.91. The number of sulfonamides is 2. The van der Waals surface area contributed by atoms with Crippen LogP contribution in [0, 0.1) is 52.3 Å². The quantitative estimate of drug-likeness (QED) is 0.0348. The second kappa shape index (κ2) is 32.5. The van der Waals surface area contributed by atoms with Crippen LogP contribution in [-0.4, -0.2) is 165 Å². The topological polar surface area (TPSA) is 350 Å². The number of pyridine rings is 1. The third-order valence-electron chi connectivity index (χ3n) is 24.8. The number of alkyl carbamates (subject to hydrolysis) is 1. The molecule has 2 aliphatic heterocycles. The minimum atomic E-state index is -3.99. The Morgan fingerprint density at radius 3 is 1.79 bits per heavy atom. The van der Waals surface area contributed by atoms with Crippen LogP contribution in [0.3, 0.4) is 0 Å². The van der Waals surface area contributed by atoms with Gasteiger partial charge in [-0.3, -0.25) is 42.8 Å². The molecule has 6 aromatic rings. The van der Waals surface area contributed by atoms with Gasteiger partial charge in [-0.1, -0.05) is 107 Å². The second-order valence-corrected chi connectivity index (χ2v) is 43.3. The maximum Gasteiger partial charge on any atom is 0.408 e. The van der Waals surface area contributed by atoms with E-state index in [1.165, 1.54) is 40.4 Å². The lowest BCUT2D eigenvalue weighted by molar-refractivity contribution is -0.143. The van der Waals surface area contributed by atoms with Crippen molar-refractivity contribution in [2.45, 2.75) is 271 Å². The standard InChI is InChI=1S/C47H66N6O8S2.C39H51N5O7S2/c1-12-30-23-47(30,41(56)51-63(58,59)46(11)21-22-46)24-34(54)37-28(4)35(25-52(37)40(55)38(44(5,6)7)50-43(57)61-45(8,9)10)60-42-49-36-31(19-16-20-33(36)53(42)27(2)3)39-48-32(26-62-39)29-17-14-13-15-18-29;1-10-23-16-39(23,37(47)43-53(48,49)24-11-12-24)17-28(45)33-22(5)31(18-44(33)36(46)34(40)38(6,7)8)51-30-15-26(35-42-27(19-52-35)20(2)3)41-32-21(4)29(50-9)14-13-25(30)32/h12,16,19-20,26-30,35,37-38H,1,13-15,17-18,21-25H2,2-11H3,(H,50,57)(H,51,56);10,13-15,19-20,22-24,31,33-34H,1,11-12,16-18,40H2,2-9H3,(H,43,47)/t28?,30-,35+,37+,38-,47-;22?,23-,31+,33+,34-,39-/m11/s1. The number of thiazole rings is 2. The molecule has 4 aromatic heterocycles. The van der Waals surface area contributed by atoms with Crippen molar-refractivity contribution >= 4 is 106 Å². The Labute approximate surface area is 690 Å². The molecule has 0 bridgehead atoms. The molecule has 5 aliphatic carbocycles. The van der Waals surface area contributed by atoms with Crippen LogP contribution in [0.4, 0.5) is 4.79 Å². The van der Waals surface area contributed by atoms with Crippen molar-refractivity contribution in [2.24, 2.45) is 51.1 Å². The Morgan fingerprint density at radius 2 is 1.28 bits per heavy atom. The third-order valence-corrected chi connectivity index (χ3v) is 30.5. The number of nitrogens with two attached hydrogens (primary N) is 1. The van der Waals surface area contributed by atoms with Crippen molar-refractivity contribution in [3.8, 4) is 38.8 Å². The van der Waals surface area contributed by atoms with Crippen LogP contribution in [0.1, 0.15) is 229 Å². The number of nitrogens with zero attached hydrogens (tertiary/aromatic N) is 7. The van der Waals surface area contributed by atoms with Crippen LogP contribution in [0.25, 0.3) is 43.2 Å². The summed E-state index contributed by atoms with van der Waals surface area (Å²) in [5.74, 6) is -3.19. The summed E-state index contributed by atoms with van der Waals surface area (Å²) in [7, 11) is -6.22. The second-order valence-electron chi connectivity index (χ2n) is 37.4. The molecule has 5 saturated carbocycles. The van der Waals surface area contributed by atoms with Gasteiger partial charge in [-0.25, -0.2) is 36.6 Å². The number of fused-ring (bicyclic) bond motifs is 2. The predicted octanol–water partition coefficient (Wildman–Crippen LogP) is 14.0. The van der Waals surface area contributed by atoms with Gasteiger partial charge in [0, 0.05) is 70.0 Å². The molecule has 116 heavy (non-hydrogen) atoms. The highest BCUT2D eigenvalue weighted by Crippen LogP contribution is 2.59. The third kappa shape index (κ3) is 17.6. The van der Waals surface area contributed by atoms with Gasteiger partial charge < -0.3 is 39.8 Å². The van der Waals surface area contributed by atoms with Gasteiger partial charge in [0.05, 0.1) is 81.6 Å². The molecule has 2 aromatic carbocycles. The number of ether oxygens (including phenoxy) is 4. The number of hydrogen-bond donors (Lipinski definition) is 4. The molecule has 2 unspecified atom stereocenters. The SMILES string of the molecule is C=C[C@@H]1C[C@]1(CC(=O)[C@@H]1C(C)[C@@H](Oc2cc(-c3nc(C(C)C)cs3)nc3c(C)c(OC)ccc23)CN1C(=O)[C@@H](N)C(C)(C)C)C(=O)NS(=O)(=O)C1CC1.C=C[C@@H]1C[C@]1(CC(=O)[C@@H]1C(C)[C@@H](Oc2nc3c(-c4nc(C5CCCCC5)cs4)cccc3n2C(C)C)CN1C(=O)[C@@H](NC(=O)OC(C)(C)C)C(C)(C)C)C(=O)NS(=O)(=O)C1(C)CC1. The maximum atomic E-state index is 15.0. The number of para-hydroxylation sites is 1. The smallest absolute Gasteiger partial charge is 0.408 e. The van der Waals surface area contributed by atoms with Crippen molar-refractivity contribution in [3.63, 3.8) is 0 Å². The van der Waals surface area contributed by atoms with E-state index in [-0.39, 0.29) is 62.4 Å². The van der Waals surface area contributed by atoms with E-state index in [4.69, 9.17) is 44.6 Å². The highest BCUT2D eigenvalue weighted by atomic mass is 32.2. The summed E-state index contributed by atoms with van der Waals surface area (Å²) in [6.45, 7) is 39.5. The number of allylic oxidation sites excluding steroid dienone is 2. The lowest BCUT2D eigenvalue weighted by atomic mass is 9.84. The lowest BCUT2D eigenvalue weighted by Crippen LogP contribution is -2.58. The summed E-state index contributed by atoms with van der Waals surface area (Å²) in [4.78, 5) is 122. The molecule has 26 nitrogen and oxygen atoms in total. The van der Waals surface area contributed by atoms with Crippen molar-refractivity contribution in [1.82, 2.24) is 49.1 Å². The van der Waals surface area contributed by atoms with E-state index in [0.717, 1.165) is 61.8 Å². The first-order chi connectivity index (χ1) is 54.2. The van der Waals surface area contributed by atoms with E-state index in [0.29, 0.717) is 60.3 Å². The van der Waals surface area contributed by atoms with Crippen molar-refractivity contribution in [2.75, 3.05) is 20.2 Å². The van der Waals surface area contributed by atoms with Gasteiger partial charge in [-0.05, 0) is 153 Å². The highest BCUT2D eigenvalue weighted by Gasteiger charge is 2.65. The molecule has 0 spiro atoms. The zero-order chi connectivity index (χ0) is 84.8. The monoisotopic (exact) mass is 1670 g/mol. The molecular formula is C86H117N11O15S4. The molecule has 7 aliphatic rings. The van der Waals surface area contributed by atoms with E-state index in [1.807, 2.05) is 123 Å². The minimum absolute atomic E-state index is 0.0266. The fourth-order valence-electron chi connectivity index (χ4n) is 16.7. The molecule has 2 saturated heterocycles. The summed E-state index contributed by atoms with van der Waals surface area (Å²) in [6.07, 6.45) is 8.83. The van der Waals surface area contributed by atoms with Gasteiger partial charge in [0.2, 0.25) is 43.7 Å². The number of amides is 5. The number of hydrogen-bond acceptors (Lipinski definition) is 22. The fourth-order valence-corrected chi connectivity index (χ4v) is 21.3. The van der Waals surface area contributed by atoms with Gasteiger partial charge in [0.15, 0.2) is 11.6 Å². The summed E-state index contributed by atoms with van der Waals surface area (Å²) in [5.41, 5.74) is 8.36. The van der Waals surface area contributed by atoms with E-state index in [2.05, 4.69) is 47.1 Å². The number of likely N-dealkylation sites (tertiary alicyclic amines) is 2. The molecular weight excluding hydrogens is 1560 g/mol. The van der Waals surface area contributed by atoms with Crippen LogP contribution in [0.5, 0.6) is 17.5 Å². The average Bonchev–Trinajstić information content (AvgIpc) is 1.56. The number of rotatable bonds is 27. The zero-order valence-corrected chi connectivity index (χ0v) is 73.6. The van der Waals surface area contributed by atoms with Gasteiger partial charge in [-0.2, -0.15) is 4.98 Å². The van der Waals surface area contributed by atoms with Crippen LogP contribution < -0.4 is 34.7 Å². The Hall–Kier alpha value is -8.19. The van der Waals surface area contributed by atoms with Gasteiger partial charge in [-0.15, -0.1) is 35.8 Å². The van der Waals surface area contributed by atoms with E-state index < -0.39 is 147 Å². The van der Waals surface area contributed by atoms with E-state index in [1.54, 1.807) is 58.3 Å². The Kier molecular flexibility index (Phi) is 24.4. The van der Waals surface area contributed by atoms with Crippen LogP contribution in [-0.2, 0) is 53.6 Å². The first-order valence-electron chi connectivity index (χ1n) is 40.8. The Bertz CT molecular complexity index is 5070. The average molecular weight is 1670 g/mol. The Morgan fingerprint density at radius 1 is 0.698 bits per heavy atom. The van der Waals surface area contributed by atoms with Gasteiger partial charge in [0.1, 0.15) is 56.6 Å². The van der Waals surface area contributed by atoms with Crippen LogP contribution in [0.15, 0.2) is 72.5 Å². The van der Waals surface area contributed by atoms with Gasteiger partial charge >= 0.3 is 6.09 Å². The lowest BCUT2D eigenvalue weighted by Gasteiger charge is -2.36. The molecule has 12 atom stereocenters. The van der Waals surface area contributed by atoms with E-state index in [9.17, 15) is 50.4 Å². The van der Waals surface area contributed by atoms with E-state index >= 15 is 0 Å².